The van der Waals surface area contributed by atoms with Crippen LogP contribution in [0.25, 0.3) is 27.9 Å². The molecular weight excluding hydrogens is 340 g/mol. The largest absolute Gasteiger partial charge is 0.805 e. The first-order chi connectivity index (χ1) is 13.1. The van der Waals surface area contributed by atoms with Gasteiger partial charge in [-0.15, -0.1) is 0 Å². The minimum absolute atomic E-state index is 0.0799. The van der Waals surface area contributed by atoms with Crippen molar-refractivity contribution in [3.05, 3.63) is 99.9 Å². The number of para-hydroxylation sites is 2. The van der Waals surface area contributed by atoms with Crippen LogP contribution in [-0.4, -0.2) is 10.5 Å². The fourth-order valence-corrected chi connectivity index (χ4v) is 3.27. The fourth-order valence-electron chi connectivity index (χ4n) is 3.27. The van der Waals surface area contributed by atoms with E-state index in [1.807, 2.05) is 42.5 Å². The van der Waals surface area contributed by atoms with Gasteiger partial charge in [0.25, 0.3) is 11.3 Å². The van der Waals surface area contributed by atoms with Crippen LogP contribution in [0, 0.1) is 17.0 Å². The van der Waals surface area contributed by atoms with Crippen molar-refractivity contribution in [3.63, 3.8) is 0 Å². The monoisotopic (exact) mass is 356 g/mol. The van der Waals surface area contributed by atoms with E-state index in [0.717, 1.165) is 16.3 Å². The number of carbonyl (C=O) groups is 1. The number of fused-ring (bicyclic) bond motifs is 2. The minimum atomic E-state index is -0.509. The maximum absolute atomic E-state index is 12.7. The maximum Gasteiger partial charge on any atom is 0.329 e. The van der Waals surface area contributed by atoms with E-state index in [1.165, 1.54) is 19.1 Å². The van der Waals surface area contributed by atoms with E-state index < -0.39 is 5.78 Å². The van der Waals surface area contributed by atoms with Crippen molar-refractivity contribution < 1.29 is 9.22 Å². The summed E-state index contributed by atoms with van der Waals surface area (Å²) in [5.41, 5.74) is 1.18. The lowest BCUT2D eigenvalue weighted by Crippen LogP contribution is -2.29. The molecular formula is C22H16N2O3. The highest BCUT2D eigenvalue weighted by molar-refractivity contribution is 6.06. The summed E-state index contributed by atoms with van der Waals surface area (Å²) < 4.78 is 1.16. The van der Waals surface area contributed by atoms with Crippen LogP contribution in [0.2, 0.25) is 0 Å². The van der Waals surface area contributed by atoms with Crippen LogP contribution in [0.5, 0.6) is 0 Å². The Morgan fingerprint density at radius 3 is 2.56 bits per heavy atom. The average molecular weight is 356 g/mol. The van der Waals surface area contributed by atoms with E-state index in [0.29, 0.717) is 9.16 Å². The number of rotatable bonds is 3. The molecule has 1 heterocycles. The minimum Gasteiger partial charge on any atom is -0.805 e. The zero-order valence-electron chi connectivity index (χ0n) is 14.6. The van der Waals surface area contributed by atoms with Gasteiger partial charge in [-0.25, -0.2) is 0 Å². The SMILES string of the molecule is Cc1c(C(=O)/C=C/c2cccc3ccccc23)[n+](=O)c2ccccc2n1[O-]. The van der Waals surface area contributed by atoms with Crippen molar-refractivity contribution >= 4 is 33.7 Å². The van der Waals surface area contributed by atoms with Gasteiger partial charge in [0.15, 0.2) is 0 Å². The van der Waals surface area contributed by atoms with Crippen LogP contribution < -0.4 is 4.43 Å². The van der Waals surface area contributed by atoms with Gasteiger partial charge >= 0.3 is 5.69 Å². The standard InChI is InChI=1S/C22H16N2O3/c1-15-22(24(27)20-12-5-4-11-19(20)23(15)26)21(25)14-13-17-9-6-8-16-7-2-3-10-18(16)17/h2-14H,1H3/b14-13+. The molecule has 0 N–H and O–H groups in total. The topological polar surface area (TPSA) is 68.0 Å². The Bertz CT molecular complexity index is 1280. The highest BCUT2D eigenvalue weighted by Crippen LogP contribution is 2.20. The molecule has 0 spiro atoms. The van der Waals surface area contributed by atoms with Crippen molar-refractivity contribution in [1.29, 1.82) is 0 Å². The molecule has 0 unspecified atom stereocenters. The second kappa shape index (κ2) is 6.53. The summed E-state index contributed by atoms with van der Waals surface area (Å²) in [4.78, 5) is 25.4. The molecule has 0 saturated heterocycles. The van der Waals surface area contributed by atoms with Crippen LogP contribution in [0.4, 0.5) is 0 Å². The Hall–Kier alpha value is -3.73. The maximum atomic E-state index is 12.7. The lowest BCUT2D eigenvalue weighted by atomic mass is 10.0. The van der Waals surface area contributed by atoms with Crippen LogP contribution >= 0.6 is 0 Å². The Morgan fingerprint density at radius 2 is 1.70 bits per heavy atom. The molecule has 4 aromatic rings. The molecule has 0 atom stereocenters. The first-order valence-electron chi connectivity index (χ1n) is 8.52. The summed E-state index contributed by atoms with van der Waals surface area (Å²) in [6, 6.07) is 20.1. The molecule has 4 rings (SSSR count). The number of aromatic nitrogens is 2. The summed E-state index contributed by atoms with van der Waals surface area (Å²) >= 11 is 0. The van der Waals surface area contributed by atoms with E-state index in [1.54, 1.807) is 24.3 Å². The van der Waals surface area contributed by atoms with E-state index in [-0.39, 0.29) is 22.4 Å². The number of ketones is 1. The molecule has 0 fully saturated rings. The van der Waals surface area contributed by atoms with Crippen molar-refractivity contribution in [2.75, 3.05) is 0 Å². The zero-order valence-corrected chi connectivity index (χ0v) is 14.6. The molecule has 3 aromatic carbocycles. The van der Waals surface area contributed by atoms with Gasteiger partial charge in [-0.1, -0.05) is 60.7 Å². The van der Waals surface area contributed by atoms with Gasteiger partial charge in [0, 0.05) is 11.0 Å². The number of benzene rings is 3. The second-order valence-electron chi connectivity index (χ2n) is 6.28. The summed E-state index contributed by atoms with van der Waals surface area (Å²) in [7, 11) is 0. The average Bonchev–Trinajstić information content (AvgIpc) is 2.70. The van der Waals surface area contributed by atoms with Crippen molar-refractivity contribution in [2.45, 2.75) is 6.92 Å². The molecule has 0 bridgehead atoms. The second-order valence-corrected chi connectivity index (χ2v) is 6.28. The third-order valence-corrected chi connectivity index (χ3v) is 4.64. The summed E-state index contributed by atoms with van der Waals surface area (Å²) in [5.74, 6) is -0.509. The number of hydrogen-bond acceptors (Lipinski definition) is 3. The van der Waals surface area contributed by atoms with Gasteiger partial charge in [0.05, 0.1) is 10.1 Å². The molecule has 1 aromatic heterocycles. The van der Waals surface area contributed by atoms with Crippen molar-refractivity contribution in [2.24, 2.45) is 0 Å². The molecule has 0 aliphatic heterocycles. The van der Waals surface area contributed by atoms with E-state index in [4.69, 9.17) is 0 Å². The van der Waals surface area contributed by atoms with Crippen LogP contribution in [0.15, 0.2) is 72.8 Å². The van der Waals surface area contributed by atoms with Gasteiger partial charge in [0.1, 0.15) is 5.52 Å². The molecule has 5 nitrogen and oxygen atoms in total. The van der Waals surface area contributed by atoms with Gasteiger partial charge in [0.2, 0.25) is 0 Å². The Morgan fingerprint density at radius 1 is 1.00 bits per heavy atom. The number of hydrogen-bond donors (Lipinski definition) is 0. The molecule has 0 aliphatic carbocycles. The third kappa shape index (κ3) is 2.79. The molecule has 0 aliphatic rings. The molecule has 0 radical (unpaired) electrons. The van der Waals surface area contributed by atoms with E-state index >= 15 is 0 Å². The van der Waals surface area contributed by atoms with Crippen LogP contribution in [0.3, 0.4) is 0 Å². The molecule has 0 saturated carbocycles. The number of allylic oxidation sites excluding steroid dienone is 1. The summed E-state index contributed by atoms with van der Waals surface area (Å²) in [6.07, 6.45) is 3.02. The van der Waals surface area contributed by atoms with Crippen LogP contribution in [0.1, 0.15) is 21.7 Å². The Balaban J connectivity index is 1.82. The molecule has 0 amide bonds. The predicted octanol–water partition coefficient (Wildman–Crippen LogP) is 4.26. The van der Waals surface area contributed by atoms with E-state index in [9.17, 15) is 14.9 Å². The van der Waals surface area contributed by atoms with Gasteiger partial charge in [-0.2, -0.15) is 0 Å². The lowest BCUT2D eigenvalue weighted by molar-refractivity contribution is -0.468. The summed E-state index contributed by atoms with van der Waals surface area (Å²) in [5, 5.41) is 14.5. The van der Waals surface area contributed by atoms with E-state index in [2.05, 4.69) is 0 Å². The lowest BCUT2D eigenvalue weighted by Gasteiger charge is -2.15. The van der Waals surface area contributed by atoms with Crippen molar-refractivity contribution in [3.8, 4) is 0 Å². The highest BCUT2D eigenvalue weighted by atomic mass is 16.5. The Labute approximate surface area is 155 Å². The quantitative estimate of drug-likeness (QED) is 0.313. The fraction of sp³-hybridized carbons (Fsp3) is 0.0455. The third-order valence-electron chi connectivity index (χ3n) is 4.64. The van der Waals surface area contributed by atoms with Crippen LogP contribution in [-0.2, 0) is 0 Å². The van der Waals surface area contributed by atoms with Crippen molar-refractivity contribution in [1.82, 2.24) is 4.73 Å². The van der Waals surface area contributed by atoms with Gasteiger partial charge in [-0.05, 0) is 35.4 Å². The Kier molecular flexibility index (Phi) is 4.05. The first kappa shape index (κ1) is 16.7. The summed E-state index contributed by atoms with van der Waals surface area (Å²) in [6.45, 7) is 1.48. The highest BCUT2D eigenvalue weighted by Gasteiger charge is 2.24. The van der Waals surface area contributed by atoms with Gasteiger partial charge in [-0.3, -0.25) is 4.79 Å². The first-order valence-corrected chi connectivity index (χ1v) is 8.52. The molecule has 27 heavy (non-hydrogen) atoms. The molecule has 5 heteroatoms. The molecule has 132 valence electrons. The predicted molar refractivity (Wildman–Crippen MR) is 106 cm³/mol. The zero-order chi connectivity index (χ0) is 19.0. The smallest absolute Gasteiger partial charge is 0.329 e. The van der Waals surface area contributed by atoms with Gasteiger partial charge < -0.3 is 9.94 Å². The normalized spacial score (nSPS) is 11.4. The number of nitrogens with zero attached hydrogens (tertiary/aromatic N) is 2. The number of carbonyl (C=O) groups excluding carboxylic acids is 1.